The normalized spacial score (nSPS) is 13.8. The molecule has 0 fully saturated rings. The first-order valence-electron chi connectivity index (χ1n) is 11.2. The van der Waals surface area contributed by atoms with Crippen molar-refractivity contribution in [2.45, 2.75) is 24.8 Å². The van der Waals surface area contributed by atoms with Crippen LogP contribution in [0, 0.1) is 11.7 Å². The average molecular weight is 514 g/mol. The fraction of sp³-hybridized carbons (Fsp3) is 0.231. The standard InChI is InChI=1S/C26H24FNO7S/c1-16(2)24(28-36(31,32)21-11-12-22-23(15-21)34-14-13-33-22)26(30)35-20-9-5-18(6-10-20)25(29)17-3-7-19(27)8-4-17/h3-12,15-16,24,28H,13-14H2,1-2H3/t24-/m0/s1. The van der Waals surface area contributed by atoms with Gasteiger partial charge in [-0.3, -0.25) is 4.79 Å². The number of halogens is 1. The Morgan fingerprint density at radius 1 is 0.889 bits per heavy atom. The smallest absolute Gasteiger partial charge is 0.329 e. The summed E-state index contributed by atoms with van der Waals surface area (Å²) in [6, 6.07) is 14.0. The van der Waals surface area contributed by atoms with Crippen LogP contribution in [0.25, 0.3) is 0 Å². The number of rotatable bonds is 8. The number of carbonyl (C=O) groups excluding carboxylic acids is 2. The lowest BCUT2D eigenvalue weighted by Gasteiger charge is -2.22. The zero-order valence-corrected chi connectivity index (χ0v) is 20.4. The molecule has 1 aliphatic rings. The number of hydrogen-bond acceptors (Lipinski definition) is 7. The summed E-state index contributed by atoms with van der Waals surface area (Å²) in [4.78, 5) is 25.3. The van der Waals surface area contributed by atoms with Crippen molar-refractivity contribution in [2.75, 3.05) is 13.2 Å². The molecule has 0 spiro atoms. The number of hydrogen-bond donors (Lipinski definition) is 1. The number of nitrogens with one attached hydrogen (secondary N) is 1. The molecule has 0 saturated carbocycles. The monoisotopic (exact) mass is 513 g/mol. The Kier molecular flexibility index (Phi) is 7.37. The molecule has 0 unspecified atom stereocenters. The lowest BCUT2D eigenvalue weighted by Crippen LogP contribution is -2.46. The maximum Gasteiger partial charge on any atom is 0.329 e. The molecular formula is C26H24FNO7S. The van der Waals surface area contributed by atoms with Crippen LogP contribution in [0.15, 0.2) is 71.6 Å². The molecule has 3 aromatic carbocycles. The van der Waals surface area contributed by atoms with Gasteiger partial charge < -0.3 is 14.2 Å². The third-order valence-corrected chi connectivity index (χ3v) is 6.91. The minimum Gasteiger partial charge on any atom is -0.486 e. The Morgan fingerprint density at radius 2 is 1.47 bits per heavy atom. The molecule has 1 heterocycles. The summed E-state index contributed by atoms with van der Waals surface area (Å²) >= 11 is 0. The van der Waals surface area contributed by atoms with E-state index in [-0.39, 0.29) is 16.4 Å². The second kappa shape index (κ2) is 10.5. The Hall–Kier alpha value is -3.76. The fourth-order valence-electron chi connectivity index (χ4n) is 3.50. The molecule has 3 aromatic rings. The van der Waals surface area contributed by atoms with E-state index in [1.807, 2.05) is 0 Å². The first kappa shape index (κ1) is 25.3. The van der Waals surface area contributed by atoms with Gasteiger partial charge in [-0.25, -0.2) is 17.6 Å². The van der Waals surface area contributed by atoms with E-state index in [1.54, 1.807) is 13.8 Å². The number of esters is 1. The highest BCUT2D eigenvalue weighted by Gasteiger charge is 2.31. The molecule has 36 heavy (non-hydrogen) atoms. The summed E-state index contributed by atoms with van der Waals surface area (Å²) in [6.45, 7) is 4.05. The van der Waals surface area contributed by atoms with E-state index in [1.165, 1.54) is 66.7 Å². The number of benzene rings is 3. The molecule has 0 saturated heterocycles. The number of ether oxygens (including phenoxy) is 3. The average Bonchev–Trinajstić information content (AvgIpc) is 2.87. The molecule has 0 amide bonds. The molecule has 0 radical (unpaired) electrons. The Labute approximate surface area is 208 Å². The third-order valence-electron chi connectivity index (χ3n) is 5.47. The minimum absolute atomic E-state index is 0.0751. The van der Waals surface area contributed by atoms with Crippen molar-refractivity contribution in [3.8, 4) is 17.2 Å². The van der Waals surface area contributed by atoms with Crippen molar-refractivity contribution < 1.29 is 36.6 Å². The zero-order chi connectivity index (χ0) is 25.9. The number of fused-ring (bicyclic) bond motifs is 1. The molecule has 4 rings (SSSR count). The summed E-state index contributed by atoms with van der Waals surface area (Å²) in [5.74, 6) is -1.10. The fourth-order valence-corrected chi connectivity index (χ4v) is 4.85. The van der Waals surface area contributed by atoms with Gasteiger partial charge >= 0.3 is 5.97 Å². The Balaban J connectivity index is 1.46. The van der Waals surface area contributed by atoms with Crippen molar-refractivity contribution in [1.82, 2.24) is 4.72 Å². The Bertz CT molecular complexity index is 1370. The van der Waals surface area contributed by atoms with Gasteiger partial charge in [-0.15, -0.1) is 0 Å². The van der Waals surface area contributed by atoms with Gasteiger partial charge in [0, 0.05) is 17.2 Å². The van der Waals surface area contributed by atoms with E-state index in [9.17, 15) is 22.4 Å². The second-order valence-electron chi connectivity index (χ2n) is 8.43. The number of ketones is 1. The van der Waals surface area contributed by atoms with Crippen LogP contribution in [0.3, 0.4) is 0 Å². The molecule has 1 aliphatic heterocycles. The molecule has 0 aromatic heterocycles. The summed E-state index contributed by atoms with van der Waals surface area (Å²) in [5, 5.41) is 0. The van der Waals surface area contributed by atoms with E-state index in [0.717, 1.165) is 0 Å². The van der Waals surface area contributed by atoms with Gasteiger partial charge in [-0.05, 0) is 66.6 Å². The largest absolute Gasteiger partial charge is 0.486 e. The van der Waals surface area contributed by atoms with Crippen molar-refractivity contribution in [3.63, 3.8) is 0 Å². The molecule has 188 valence electrons. The summed E-state index contributed by atoms with van der Waals surface area (Å²) in [7, 11) is -4.08. The van der Waals surface area contributed by atoms with Crippen LogP contribution in [-0.2, 0) is 14.8 Å². The van der Waals surface area contributed by atoms with Gasteiger partial charge in [0.1, 0.15) is 30.8 Å². The van der Waals surface area contributed by atoms with Crippen LogP contribution < -0.4 is 18.9 Å². The van der Waals surface area contributed by atoms with Gasteiger partial charge in [-0.1, -0.05) is 13.8 Å². The van der Waals surface area contributed by atoms with E-state index in [0.29, 0.717) is 35.8 Å². The van der Waals surface area contributed by atoms with Crippen molar-refractivity contribution in [1.29, 1.82) is 0 Å². The minimum atomic E-state index is -4.08. The van der Waals surface area contributed by atoms with E-state index >= 15 is 0 Å². The van der Waals surface area contributed by atoms with Gasteiger partial charge in [-0.2, -0.15) is 4.72 Å². The summed E-state index contributed by atoms with van der Waals surface area (Å²) < 4.78 is 57.7. The molecule has 10 heteroatoms. The summed E-state index contributed by atoms with van der Waals surface area (Å²) in [5.41, 5.74) is 0.635. The number of carbonyl (C=O) groups is 2. The van der Waals surface area contributed by atoms with Gasteiger partial charge in [0.2, 0.25) is 10.0 Å². The predicted octanol–water partition coefficient (Wildman–Crippen LogP) is 3.74. The van der Waals surface area contributed by atoms with Gasteiger partial charge in [0.15, 0.2) is 17.3 Å². The zero-order valence-electron chi connectivity index (χ0n) is 19.6. The molecule has 0 bridgehead atoms. The summed E-state index contributed by atoms with van der Waals surface area (Å²) in [6.07, 6.45) is 0. The van der Waals surface area contributed by atoms with E-state index in [2.05, 4.69) is 4.72 Å². The van der Waals surface area contributed by atoms with Crippen molar-refractivity contribution in [2.24, 2.45) is 5.92 Å². The van der Waals surface area contributed by atoms with E-state index < -0.39 is 33.8 Å². The quantitative estimate of drug-likeness (QED) is 0.278. The first-order valence-corrected chi connectivity index (χ1v) is 12.7. The lowest BCUT2D eigenvalue weighted by molar-refractivity contribution is -0.137. The number of sulfonamides is 1. The lowest BCUT2D eigenvalue weighted by atomic mass is 10.0. The second-order valence-corrected chi connectivity index (χ2v) is 10.1. The molecule has 0 aliphatic carbocycles. The van der Waals surface area contributed by atoms with Crippen LogP contribution in [0.1, 0.15) is 29.8 Å². The van der Waals surface area contributed by atoms with E-state index in [4.69, 9.17) is 14.2 Å². The molecule has 1 atom stereocenters. The topological polar surface area (TPSA) is 108 Å². The SMILES string of the molecule is CC(C)[C@H](NS(=O)(=O)c1ccc2c(c1)OCCO2)C(=O)Oc1ccc(C(=O)c2ccc(F)cc2)cc1. The third kappa shape index (κ3) is 5.72. The molecular weight excluding hydrogens is 489 g/mol. The van der Waals surface area contributed by atoms with Gasteiger partial charge in [0.05, 0.1) is 4.90 Å². The van der Waals surface area contributed by atoms with Crippen LogP contribution in [0.5, 0.6) is 17.2 Å². The van der Waals surface area contributed by atoms with Crippen LogP contribution >= 0.6 is 0 Å². The van der Waals surface area contributed by atoms with Crippen LogP contribution in [-0.4, -0.2) is 39.4 Å². The maximum absolute atomic E-state index is 13.1. The van der Waals surface area contributed by atoms with Gasteiger partial charge in [0.25, 0.3) is 0 Å². The van der Waals surface area contributed by atoms with Crippen LogP contribution in [0.4, 0.5) is 4.39 Å². The molecule has 1 N–H and O–H groups in total. The predicted molar refractivity (Wildman–Crippen MR) is 128 cm³/mol. The highest BCUT2D eigenvalue weighted by atomic mass is 32.2. The maximum atomic E-state index is 13.1. The highest BCUT2D eigenvalue weighted by Crippen LogP contribution is 2.32. The van der Waals surface area contributed by atoms with Crippen molar-refractivity contribution in [3.05, 3.63) is 83.7 Å². The molecule has 8 nitrogen and oxygen atoms in total. The Morgan fingerprint density at radius 3 is 2.08 bits per heavy atom. The van der Waals surface area contributed by atoms with Crippen molar-refractivity contribution >= 4 is 21.8 Å². The van der Waals surface area contributed by atoms with Crippen LogP contribution in [0.2, 0.25) is 0 Å². The first-order chi connectivity index (χ1) is 17.1. The highest BCUT2D eigenvalue weighted by molar-refractivity contribution is 7.89.